The van der Waals surface area contributed by atoms with Crippen LogP contribution in [0.25, 0.3) is 0 Å². The van der Waals surface area contributed by atoms with Gasteiger partial charge in [0.2, 0.25) is 0 Å². The molecule has 0 aliphatic heterocycles. The van der Waals surface area contributed by atoms with Crippen LogP contribution in [0.1, 0.15) is 20.8 Å². The molecule has 0 amide bonds. The third-order valence-electron chi connectivity index (χ3n) is 1.91. The van der Waals surface area contributed by atoms with E-state index in [0.717, 1.165) is 0 Å². The summed E-state index contributed by atoms with van der Waals surface area (Å²) in [6.07, 6.45) is 7.76. The number of halogens is 1. The van der Waals surface area contributed by atoms with E-state index in [0.29, 0.717) is 7.92 Å². The van der Waals surface area contributed by atoms with Gasteiger partial charge in [0.1, 0.15) is 0 Å². The van der Waals surface area contributed by atoms with E-state index in [4.69, 9.17) is 18.6 Å². The number of rotatable bonds is 3. The minimum Gasteiger partial charge on any atom is -0.265 e. The first-order valence-electron chi connectivity index (χ1n) is 5.54. The summed E-state index contributed by atoms with van der Waals surface area (Å²) in [5, 5.41) is 0. The third kappa shape index (κ3) is 32.2. The predicted octanol–water partition coefficient (Wildman–Crippen LogP) is -1.15. The molecule has 0 saturated carbocycles. The summed E-state index contributed by atoms with van der Waals surface area (Å²) >= 11 is 0. The van der Waals surface area contributed by atoms with Crippen molar-refractivity contribution in [2.75, 3.05) is 18.5 Å². The number of hydrogen-bond acceptors (Lipinski definition) is 5. The largest absolute Gasteiger partial charge is 1.00 e. The van der Waals surface area contributed by atoms with E-state index in [2.05, 4.69) is 25.8 Å². The fraction of sp³-hybridized carbons (Fsp3) is 0.545. The van der Waals surface area contributed by atoms with Crippen LogP contribution in [0.5, 0.6) is 0 Å². The van der Waals surface area contributed by atoms with Crippen molar-refractivity contribution in [3.63, 3.8) is 0 Å². The molecule has 0 spiro atoms. The topological polar surface area (TPSA) is 105 Å². The predicted molar refractivity (Wildman–Crippen MR) is 62.8 cm³/mol. The molecule has 0 radical (unpaired) electrons. The van der Waals surface area contributed by atoms with Gasteiger partial charge in [0.15, 0.2) is 0 Å². The van der Waals surface area contributed by atoms with Gasteiger partial charge in [0.25, 0.3) is 0 Å². The van der Waals surface area contributed by atoms with E-state index in [1.54, 1.807) is 12.4 Å². The van der Waals surface area contributed by atoms with E-state index >= 15 is 0 Å². The number of aromatic nitrogens is 1. The molecule has 1 aromatic rings. The van der Waals surface area contributed by atoms with Crippen LogP contribution in [0.3, 0.4) is 0 Å². The zero-order valence-corrected chi connectivity index (χ0v) is 15.0. The zero-order valence-electron chi connectivity index (χ0n) is 11.2. The van der Waals surface area contributed by atoms with Gasteiger partial charge in [0, 0.05) is 12.4 Å². The molecular formula is C11H20AuClNO4P. The average molecular weight is 494 g/mol. The van der Waals surface area contributed by atoms with Crippen molar-refractivity contribution in [1.82, 2.24) is 4.98 Å². The van der Waals surface area contributed by atoms with Gasteiger partial charge in [-0.3, -0.25) is 4.98 Å². The van der Waals surface area contributed by atoms with Crippen LogP contribution in [0.4, 0.5) is 0 Å². The molecule has 1 aromatic heterocycles. The summed E-state index contributed by atoms with van der Waals surface area (Å²) < 4.78 is 34.0. The molecule has 0 atom stereocenters. The number of hydrogen-bond donors (Lipinski definition) is 0. The second-order valence-electron chi connectivity index (χ2n) is 3.02. The van der Waals surface area contributed by atoms with E-state index in [1.165, 1.54) is 18.5 Å². The Balaban J connectivity index is -0.000000200. The Kier molecular flexibility index (Phi) is 21.3. The normalized spacial score (nSPS) is 9.47. The van der Waals surface area contributed by atoms with Crippen LogP contribution in [-0.2, 0) is 22.4 Å². The van der Waals surface area contributed by atoms with Crippen LogP contribution in [0.2, 0.25) is 0 Å². The first-order chi connectivity index (χ1) is 8.35. The summed E-state index contributed by atoms with van der Waals surface area (Å²) in [5.74, 6) is 0. The van der Waals surface area contributed by atoms with Crippen LogP contribution in [0.15, 0.2) is 30.6 Å². The smallest absolute Gasteiger partial charge is 0.265 e. The molecule has 0 unspecified atom stereocenters. The number of nitrogens with zero attached hydrogens (tertiary/aromatic N) is 1. The first kappa shape index (κ1) is 24.5. The summed E-state index contributed by atoms with van der Waals surface area (Å²) in [6, 6.07) is 5.72. The third-order valence-corrected chi connectivity index (χ3v) is 4.59. The molecule has 5 nitrogen and oxygen atoms in total. The van der Waals surface area contributed by atoms with Crippen molar-refractivity contribution in [2.45, 2.75) is 20.8 Å². The van der Waals surface area contributed by atoms with Gasteiger partial charge in [-0.1, -0.05) is 26.8 Å². The van der Waals surface area contributed by atoms with Crippen molar-refractivity contribution < 1.29 is 51.3 Å². The Morgan fingerprint density at radius 1 is 0.842 bits per heavy atom. The van der Waals surface area contributed by atoms with E-state index in [9.17, 15) is 0 Å². The SMILES string of the molecule is CCP(CC)CC.[Au+].[O-][Cl+3]([O-])([O-])[O-].c1ccncc1. The molecule has 0 aliphatic rings. The molecule has 1 heterocycles. The second kappa shape index (κ2) is 16.5. The minimum atomic E-state index is -4.94. The van der Waals surface area contributed by atoms with Crippen LogP contribution in [-0.4, -0.2) is 23.5 Å². The molecule has 1 rings (SSSR count). The Bertz CT molecular complexity index is 222. The van der Waals surface area contributed by atoms with Gasteiger partial charge in [0.05, 0.1) is 0 Å². The molecule has 0 N–H and O–H groups in total. The van der Waals surface area contributed by atoms with Crippen molar-refractivity contribution >= 4 is 7.92 Å². The van der Waals surface area contributed by atoms with Crippen molar-refractivity contribution in [3.05, 3.63) is 30.6 Å². The monoisotopic (exact) mass is 493 g/mol. The Morgan fingerprint density at radius 3 is 1.21 bits per heavy atom. The molecule has 0 bridgehead atoms. The van der Waals surface area contributed by atoms with E-state index in [1.807, 2.05) is 18.2 Å². The Labute approximate surface area is 134 Å². The van der Waals surface area contributed by atoms with Gasteiger partial charge in [-0.2, -0.15) is 0 Å². The molecule has 19 heavy (non-hydrogen) atoms. The van der Waals surface area contributed by atoms with Gasteiger partial charge in [-0.15, -0.1) is 18.2 Å². The Hall–Kier alpha value is 0.450. The molecule has 8 heteroatoms. The Morgan fingerprint density at radius 2 is 1.16 bits per heavy atom. The summed E-state index contributed by atoms with van der Waals surface area (Å²) in [7, 11) is -4.50. The maximum Gasteiger partial charge on any atom is 1.00 e. The van der Waals surface area contributed by atoms with Gasteiger partial charge >= 0.3 is 22.4 Å². The van der Waals surface area contributed by atoms with Crippen molar-refractivity contribution in [2.24, 2.45) is 0 Å². The fourth-order valence-corrected chi connectivity index (χ4v) is 2.33. The van der Waals surface area contributed by atoms with Crippen LogP contribution < -0.4 is 18.6 Å². The van der Waals surface area contributed by atoms with Crippen molar-refractivity contribution in [1.29, 1.82) is 0 Å². The number of pyridine rings is 1. The molecule has 116 valence electrons. The van der Waals surface area contributed by atoms with Gasteiger partial charge in [-0.05, 0) is 30.6 Å². The minimum absolute atomic E-state index is 0. The van der Waals surface area contributed by atoms with Gasteiger partial charge in [-0.25, -0.2) is 18.6 Å². The molecule has 0 aromatic carbocycles. The summed E-state index contributed by atoms with van der Waals surface area (Å²) in [5.41, 5.74) is 0. The maximum absolute atomic E-state index is 8.49. The quantitative estimate of drug-likeness (QED) is 0.391. The molecule has 0 saturated heterocycles. The van der Waals surface area contributed by atoms with Crippen molar-refractivity contribution in [3.8, 4) is 0 Å². The van der Waals surface area contributed by atoms with Crippen LogP contribution >= 0.6 is 7.92 Å². The molecule has 0 fully saturated rings. The molecular weight excluding hydrogens is 474 g/mol. The zero-order chi connectivity index (χ0) is 14.4. The standard InChI is InChI=1S/C6H15P.C5H5N.Au.ClHO4/c1-4-7(5-2)6-3;1-2-4-6-5-3-1;;2-1(3,4)5/h4-6H2,1-3H3;1-5H;;(H,2,3,4,5)/q;;+1;/p-1. The van der Waals surface area contributed by atoms with Crippen LogP contribution in [0, 0.1) is 10.2 Å². The second-order valence-corrected chi connectivity index (χ2v) is 7.02. The molecule has 0 aliphatic carbocycles. The fourth-order valence-electron chi connectivity index (χ4n) is 0.983. The first-order valence-corrected chi connectivity index (χ1v) is 8.67. The van der Waals surface area contributed by atoms with Gasteiger partial charge < -0.3 is 0 Å². The van der Waals surface area contributed by atoms with E-state index in [-0.39, 0.29) is 22.4 Å². The van der Waals surface area contributed by atoms with E-state index < -0.39 is 10.2 Å². The summed E-state index contributed by atoms with van der Waals surface area (Å²) in [6.45, 7) is 6.87. The maximum atomic E-state index is 8.49. The summed E-state index contributed by atoms with van der Waals surface area (Å²) in [4.78, 5) is 3.78. The average Bonchev–Trinajstić information content (AvgIpc) is 2.32.